The number of carbonyl (C=O) groups excluding carboxylic acids is 1. The second kappa shape index (κ2) is 12.0. The van der Waals surface area contributed by atoms with E-state index in [-0.39, 0.29) is 11.6 Å². The molecule has 7 heteroatoms. The molecular formula is C33H34N4O3. The number of anilines is 1. The van der Waals surface area contributed by atoms with Crippen molar-refractivity contribution in [3.8, 4) is 0 Å². The number of para-hydroxylation sites is 1. The van der Waals surface area contributed by atoms with Gasteiger partial charge in [-0.3, -0.25) is 4.79 Å². The zero-order chi connectivity index (χ0) is 28.1. The van der Waals surface area contributed by atoms with Crippen LogP contribution in [0.25, 0.3) is 11.0 Å². The number of unbranched alkanes of at least 4 members (excludes halogenated alkanes) is 1. The fourth-order valence-electron chi connectivity index (χ4n) is 5.14. The van der Waals surface area contributed by atoms with E-state index in [4.69, 9.17) is 4.98 Å². The lowest BCUT2D eigenvalue weighted by Gasteiger charge is -2.20. The molecule has 0 saturated heterocycles. The standard InChI is InChI=1S/C33H34N4O3/c1-3-4-15-30-35-31-23(2)10-8-13-27(31)37(30)22-25-16-18-26(19-17-25)34-32(38)29(21-24-11-6-5-7-12-24)36-20-9-14-28(36)33(39)40/h5-14,16-20,29H,3-4,15,21-22H2,1-2H3,(H,34,38)(H,39,40)/t29-/m0/s1. The van der Waals surface area contributed by atoms with Crippen LogP contribution in [-0.4, -0.2) is 31.1 Å². The quantitative estimate of drug-likeness (QED) is 0.198. The molecule has 0 aliphatic rings. The first-order chi connectivity index (χ1) is 19.4. The lowest BCUT2D eigenvalue weighted by molar-refractivity contribution is -0.119. The monoisotopic (exact) mass is 534 g/mol. The summed E-state index contributed by atoms with van der Waals surface area (Å²) in [6, 6.07) is 26.2. The van der Waals surface area contributed by atoms with E-state index < -0.39 is 12.0 Å². The van der Waals surface area contributed by atoms with E-state index in [1.165, 1.54) is 16.2 Å². The van der Waals surface area contributed by atoms with E-state index in [1.54, 1.807) is 12.3 Å². The first-order valence-electron chi connectivity index (χ1n) is 13.7. The largest absolute Gasteiger partial charge is 0.477 e. The summed E-state index contributed by atoms with van der Waals surface area (Å²) in [4.78, 5) is 30.3. The molecule has 7 nitrogen and oxygen atoms in total. The van der Waals surface area contributed by atoms with E-state index in [9.17, 15) is 14.7 Å². The minimum absolute atomic E-state index is 0.0769. The van der Waals surface area contributed by atoms with Gasteiger partial charge in [0, 0.05) is 31.3 Å². The summed E-state index contributed by atoms with van der Waals surface area (Å²) in [5.41, 5.74) is 6.15. The van der Waals surface area contributed by atoms with Crippen molar-refractivity contribution < 1.29 is 14.7 Å². The molecule has 0 bridgehead atoms. The first kappa shape index (κ1) is 26.9. The van der Waals surface area contributed by atoms with Crippen molar-refractivity contribution in [2.75, 3.05) is 5.32 Å². The molecule has 204 valence electrons. The Hall–Kier alpha value is -4.65. The van der Waals surface area contributed by atoms with Crippen LogP contribution in [0.4, 0.5) is 5.69 Å². The van der Waals surface area contributed by atoms with Crippen molar-refractivity contribution in [1.82, 2.24) is 14.1 Å². The third-order valence-electron chi connectivity index (χ3n) is 7.28. The molecule has 1 atom stereocenters. The number of carboxylic acids is 1. The SMILES string of the molecule is CCCCc1nc2c(C)cccc2n1Cc1ccc(NC(=O)[C@H](Cc2ccccc2)n2cccc2C(=O)O)cc1. The van der Waals surface area contributed by atoms with Gasteiger partial charge in [0.1, 0.15) is 17.6 Å². The molecular weight excluding hydrogens is 500 g/mol. The van der Waals surface area contributed by atoms with E-state index in [0.717, 1.165) is 47.2 Å². The fourth-order valence-corrected chi connectivity index (χ4v) is 5.14. The van der Waals surface area contributed by atoms with Gasteiger partial charge in [0.15, 0.2) is 0 Å². The fraction of sp³-hybridized carbons (Fsp3) is 0.242. The molecule has 2 N–H and O–H groups in total. The molecule has 0 fully saturated rings. The Morgan fingerprint density at radius 2 is 1.70 bits per heavy atom. The predicted molar refractivity (Wildman–Crippen MR) is 158 cm³/mol. The molecule has 0 radical (unpaired) electrons. The van der Waals surface area contributed by atoms with Crippen LogP contribution in [0.2, 0.25) is 0 Å². The Balaban J connectivity index is 1.37. The third-order valence-corrected chi connectivity index (χ3v) is 7.28. The summed E-state index contributed by atoms with van der Waals surface area (Å²) < 4.78 is 3.82. The molecule has 0 saturated carbocycles. The summed E-state index contributed by atoms with van der Waals surface area (Å²) in [6.07, 6.45) is 5.14. The summed E-state index contributed by atoms with van der Waals surface area (Å²) in [5.74, 6) is -0.248. The Morgan fingerprint density at radius 3 is 2.42 bits per heavy atom. The van der Waals surface area contributed by atoms with Crippen LogP contribution in [-0.2, 0) is 24.2 Å². The van der Waals surface area contributed by atoms with Gasteiger partial charge in [0.05, 0.1) is 11.0 Å². The number of imidazole rings is 1. The van der Waals surface area contributed by atoms with E-state index in [2.05, 4.69) is 41.9 Å². The van der Waals surface area contributed by atoms with Crippen molar-refractivity contribution in [1.29, 1.82) is 0 Å². The van der Waals surface area contributed by atoms with Crippen LogP contribution >= 0.6 is 0 Å². The number of amides is 1. The highest BCUT2D eigenvalue weighted by molar-refractivity contribution is 5.95. The van der Waals surface area contributed by atoms with E-state index in [0.29, 0.717) is 18.7 Å². The highest BCUT2D eigenvalue weighted by Gasteiger charge is 2.25. The number of fused-ring (bicyclic) bond motifs is 1. The molecule has 5 aromatic rings. The van der Waals surface area contributed by atoms with Gasteiger partial charge >= 0.3 is 5.97 Å². The van der Waals surface area contributed by atoms with Crippen LogP contribution in [0.15, 0.2) is 91.1 Å². The van der Waals surface area contributed by atoms with Crippen LogP contribution in [0, 0.1) is 6.92 Å². The molecule has 0 aliphatic carbocycles. The van der Waals surface area contributed by atoms with Gasteiger partial charge in [0.25, 0.3) is 0 Å². The van der Waals surface area contributed by atoms with Crippen molar-refractivity contribution in [3.05, 3.63) is 119 Å². The number of nitrogens with one attached hydrogen (secondary N) is 1. The number of carboxylic acid groups (broad SMARTS) is 1. The number of benzene rings is 3. The maximum Gasteiger partial charge on any atom is 0.352 e. The lowest BCUT2D eigenvalue weighted by Crippen LogP contribution is -2.29. The van der Waals surface area contributed by atoms with E-state index >= 15 is 0 Å². The van der Waals surface area contributed by atoms with Crippen molar-refractivity contribution in [2.24, 2.45) is 0 Å². The number of hydrogen-bond donors (Lipinski definition) is 2. The van der Waals surface area contributed by atoms with Gasteiger partial charge in [-0.1, -0.05) is 67.9 Å². The molecule has 0 unspecified atom stereocenters. The third kappa shape index (κ3) is 5.83. The predicted octanol–water partition coefficient (Wildman–Crippen LogP) is 6.66. The molecule has 5 rings (SSSR count). The van der Waals surface area contributed by atoms with Gasteiger partial charge < -0.3 is 19.6 Å². The second-order valence-corrected chi connectivity index (χ2v) is 10.2. The summed E-state index contributed by atoms with van der Waals surface area (Å²) in [7, 11) is 0. The number of aromatic nitrogens is 3. The van der Waals surface area contributed by atoms with Crippen LogP contribution in [0.3, 0.4) is 0 Å². The van der Waals surface area contributed by atoms with Gasteiger partial charge in [-0.15, -0.1) is 0 Å². The topological polar surface area (TPSA) is 89.2 Å². The number of carbonyl (C=O) groups is 2. The second-order valence-electron chi connectivity index (χ2n) is 10.2. The lowest BCUT2D eigenvalue weighted by atomic mass is 10.0. The molecule has 0 spiro atoms. The Kier molecular flexibility index (Phi) is 8.10. The number of rotatable bonds is 11. The van der Waals surface area contributed by atoms with Crippen LogP contribution in [0.1, 0.15) is 58.8 Å². The minimum atomic E-state index is -1.07. The summed E-state index contributed by atoms with van der Waals surface area (Å²) >= 11 is 0. The number of aromatic carboxylic acids is 1. The molecule has 2 heterocycles. The molecule has 1 amide bonds. The molecule has 2 aromatic heterocycles. The molecule has 0 aliphatic heterocycles. The van der Waals surface area contributed by atoms with E-state index in [1.807, 2.05) is 54.6 Å². The number of hydrogen-bond acceptors (Lipinski definition) is 3. The van der Waals surface area contributed by atoms with Crippen molar-refractivity contribution >= 4 is 28.6 Å². The molecule has 40 heavy (non-hydrogen) atoms. The number of aryl methyl sites for hydroxylation is 2. The van der Waals surface area contributed by atoms with Gasteiger partial charge in [0.2, 0.25) is 5.91 Å². The summed E-state index contributed by atoms with van der Waals surface area (Å²) in [5, 5.41) is 12.7. The Morgan fingerprint density at radius 1 is 0.925 bits per heavy atom. The average molecular weight is 535 g/mol. The zero-order valence-corrected chi connectivity index (χ0v) is 22.9. The summed E-state index contributed by atoms with van der Waals surface area (Å²) in [6.45, 7) is 4.97. The smallest absolute Gasteiger partial charge is 0.352 e. The highest BCUT2D eigenvalue weighted by atomic mass is 16.4. The maximum absolute atomic E-state index is 13.5. The van der Waals surface area contributed by atoms with Crippen molar-refractivity contribution in [2.45, 2.75) is 52.1 Å². The minimum Gasteiger partial charge on any atom is -0.477 e. The highest BCUT2D eigenvalue weighted by Crippen LogP contribution is 2.24. The zero-order valence-electron chi connectivity index (χ0n) is 22.9. The van der Waals surface area contributed by atoms with Crippen LogP contribution < -0.4 is 5.32 Å². The van der Waals surface area contributed by atoms with Gasteiger partial charge in [-0.25, -0.2) is 9.78 Å². The Labute approximate surface area is 234 Å². The normalized spacial score (nSPS) is 11.9. The first-order valence-corrected chi connectivity index (χ1v) is 13.7. The van der Waals surface area contributed by atoms with Gasteiger partial charge in [-0.05, 0) is 60.4 Å². The average Bonchev–Trinajstić information content (AvgIpc) is 3.58. The Bertz CT molecular complexity index is 1620. The number of nitrogens with zero attached hydrogens (tertiary/aromatic N) is 3. The van der Waals surface area contributed by atoms with Crippen molar-refractivity contribution in [3.63, 3.8) is 0 Å². The molecule has 3 aromatic carbocycles. The maximum atomic E-state index is 13.5. The van der Waals surface area contributed by atoms with Crippen LogP contribution in [0.5, 0.6) is 0 Å². The van der Waals surface area contributed by atoms with Gasteiger partial charge in [-0.2, -0.15) is 0 Å².